The van der Waals surface area contributed by atoms with Crippen LogP contribution < -0.4 is 9.47 Å². The highest BCUT2D eigenvalue weighted by atomic mass is 16.5. The smallest absolute Gasteiger partial charge is 0.226 e. The van der Waals surface area contributed by atoms with Crippen LogP contribution in [0.2, 0.25) is 0 Å². The van der Waals surface area contributed by atoms with Gasteiger partial charge in [-0.1, -0.05) is 13.3 Å². The molecule has 0 aliphatic carbocycles. The molecule has 1 amide bonds. The van der Waals surface area contributed by atoms with Crippen LogP contribution in [0.25, 0.3) is 0 Å². The highest BCUT2D eigenvalue weighted by Gasteiger charge is 2.13. The summed E-state index contributed by atoms with van der Waals surface area (Å²) < 4.78 is 10.5. The van der Waals surface area contributed by atoms with Crippen molar-refractivity contribution in [1.82, 2.24) is 4.90 Å². The molecule has 0 fully saturated rings. The van der Waals surface area contributed by atoms with Gasteiger partial charge in [0.1, 0.15) is 11.5 Å². The average Bonchev–Trinajstić information content (AvgIpc) is 2.44. The predicted molar refractivity (Wildman–Crippen MR) is 75.8 cm³/mol. The maximum Gasteiger partial charge on any atom is 0.226 e. The van der Waals surface area contributed by atoms with Gasteiger partial charge in [-0.15, -0.1) is 0 Å². The zero-order chi connectivity index (χ0) is 14.3. The van der Waals surface area contributed by atoms with Crippen molar-refractivity contribution in [3.05, 3.63) is 23.8 Å². The summed E-state index contributed by atoms with van der Waals surface area (Å²) in [6.45, 7) is 2.91. The molecule has 19 heavy (non-hydrogen) atoms. The minimum absolute atomic E-state index is 0.0972. The summed E-state index contributed by atoms with van der Waals surface area (Å²) in [5.74, 6) is 1.55. The zero-order valence-electron chi connectivity index (χ0n) is 12.2. The summed E-state index contributed by atoms with van der Waals surface area (Å²) in [6, 6.07) is 5.51. The van der Waals surface area contributed by atoms with E-state index in [2.05, 4.69) is 6.92 Å². The lowest BCUT2D eigenvalue weighted by molar-refractivity contribution is -0.129. The van der Waals surface area contributed by atoms with Crippen LogP contribution in [0.5, 0.6) is 11.5 Å². The second-order valence-electron chi connectivity index (χ2n) is 4.52. The van der Waals surface area contributed by atoms with E-state index in [1.54, 1.807) is 19.1 Å². The van der Waals surface area contributed by atoms with Gasteiger partial charge in [-0.3, -0.25) is 4.79 Å². The van der Waals surface area contributed by atoms with Gasteiger partial charge in [0, 0.05) is 19.2 Å². The van der Waals surface area contributed by atoms with E-state index in [4.69, 9.17) is 9.47 Å². The van der Waals surface area contributed by atoms with Crippen molar-refractivity contribution < 1.29 is 14.3 Å². The molecule has 4 nitrogen and oxygen atoms in total. The average molecular weight is 265 g/mol. The number of hydrogen-bond acceptors (Lipinski definition) is 3. The Morgan fingerprint density at radius 1 is 1.26 bits per heavy atom. The normalized spacial score (nSPS) is 10.1. The predicted octanol–water partition coefficient (Wildman–Crippen LogP) is 2.50. The van der Waals surface area contributed by atoms with Crippen LogP contribution in [0.4, 0.5) is 0 Å². The molecular formula is C15H23NO3. The number of hydrogen-bond donors (Lipinski definition) is 0. The Kier molecular flexibility index (Phi) is 6.19. The van der Waals surface area contributed by atoms with E-state index in [1.807, 2.05) is 25.2 Å². The van der Waals surface area contributed by atoms with Crippen molar-refractivity contribution in [2.24, 2.45) is 0 Å². The first kappa shape index (κ1) is 15.3. The third kappa shape index (κ3) is 4.47. The molecule has 0 aromatic heterocycles. The number of nitrogens with zero attached hydrogens (tertiary/aromatic N) is 1. The second kappa shape index (κ2) is 7.67. The van der Waals surface area contributed by atoms with Gasteiger partial charge in [0.05, 0.1) is 20.6 Å². The van der Waals surface area contributed by atoms with Gasteiger partial charge in [0.2, 0.25) is 5.91 Å². The molecule has 0 saturated heterocycles. The van der Waals surface area contributed by atoms with Crippen LogP contribution in [0.3, 0.4) is 0 Å². The number of carbonyl (C=O) groups excluding carboxylic acids is 1. The van der Waals surface area contributed by atoms with Crippen molar-refractivity contribution in [2.75, 3.05) is 27.8 Å². The molecule has 0 aliphatic heterocycles. The lowest BCUT2D eigenvalue weighted by atomic mass is 10.1. The summed E-state index contributed by atoms with van der Waals surface area (Å²) in [5.41, 5.74) is 0.857. The van der Waals surface area contributed by atoms with Gasteiger partial charge < -0.3 is 14.4 Å². The van der Waals surface area contributed by atoms with Gasteiger partial charge >= 0.3 is 0 Å². The van der Waals surface area contributed by atoms with Gasteiger partial charge in [0.15, 0.2) is 0 Å². The maximum atomic E-state index is 12.1. The summed E-state index contributed by atoms with van der Waals surface area (Å²) >= 11 is 0. The first-order valence-corrected chi connectivity index (χ1v) is 6.57. The maximum absolute atomic E-state index is 12.1. The SMILES string of the molecule is CCCCN(C)C(=O)Cc1cc(OC)ccc1OC. The lowest BCUT2D eigenvalue weighted by Gasteiger charge is -2.18. The van der Waals surface area contributed by atoms with E-state index >= 15 is 0 Å². The molecule has 0 unspecified atom stereocenters. The van der Waals surface area contributed by atoms with Crippen LogP contribution in [0.1, 0.15) is 25.3 Å². The molecule has 0 saturated carbocycles. The summed E-state index contributed by atoms with van der Waals surface area (Å²) in [7, 11) is 5.06. The monoisotopic (exact) mass is 265 g/mol. The molecule has 106 valence electrons. The van der Waals surface area contributed by atoms with Crippen LogP contribution in [-0.4, -0.2) is 38.6 Å². The van der Waals surface area contributed by atoms with Crippen LogP contribution in [0, 0.1) is 0 Å². The molecule has 0 aliphatic rings. The van der Waals surface area contributed by atoms with E-state index in [9.17, 15) is 4.79 Å². The Labute approximate surface area is 115 Å². The molecule has 0 bridgehead atoms. The van der Waals surface area contributed by atoms with Crippen molar-refractivity contribution >= 4 is 5.91 Å². The zero-order valence-corrected chi connectivity index (χ0v) is 12.2. The molecule has 0 atom stereocenters. The minimum Gasteiger partial charge on any atom is -0.497 e. The molecule has 0 heterocycles. The summed E-state index contributed by atoms with van der Waals surface area (Å²) in [4.78, 5) is 13.9. The molecular weight excluding hydrogens is 242 g/mol. The topological polar surface area (TPSA) is 38.8 Å². The number of amides is 1. The molecule has 4 heteroatoms. The molecule has 1 aromatic rings. The number of methoxy groups -OCH3 is 2. The van der Waals surface area contributed by atoms with Gasteiger partial charge in [-0.2, -0.15) is 0 Å². The number of rotatable bonds is 7. The van der Waals surface area contributed by atoms with E-state index in [-0.39, 0.29) is 5.91 Å². The van der Waals surface area contributed by atoms with Crippen molar-refractivity contribution in [2.45, 2.75) is 26.2 Å². The van der Waals surface area contributed by atoms with Crippen molar-refractivity contribution in [3.63, 3.8) is 0 Å². The van der Waals surface area contributed by atoms with Crippen LogP contribution in [0.15, 0.2) is 18.2 Å². The first-order chi connectivity index (χ1) is 9.12. The quantitative estimate of drug-likeness (QED) is 0.760. The molecule has 0 N–H and O–H groups in total. The van der Waals surface area contributed by atoms with Gasteiger partial charge in [-0.05, 0) is 24.6 Å². The third-order valence-corrected chi connectivity index (χ3v) is 3.10. The van der Waals surface area contributed by atoms with E-state index in [0.29, 0.717) is 6.42 Å². The second-order valence-corrected chi connectivity index (χ2v) is 4.52. The van der Waals surface area contributed by atoms with E-state index < -0.39 is 0 Å². The van der Waals surface area contributed by atoms with Crippen molar-refractivity contribution in [1.29, 1.82) is 0 Å². The van der Waals surface area contributed by atoms with Crippen LogP contribution >= 0.6 is 0 Å². The highest BCUT2D eigenvalue weighted by Crippen LogP contribution is 2.24. The number of likely N-dealkylation sites (N-methyl/N-ethyl adjacent to an activating group) is 1. The Morgan fingerprint density at radius 3 is 2.58 bits per heavy atom. The largest absolute Gasteiger partial charge is 0.497 e. The van der Waals surface area contributed by atoms with Gasteiger partial charge in [0.25, 0.3) is 0 Å². The van der Waals surface area contributed by atoms with E-state index in [0.717, 1.165) is 36.4 Å². The summed E-state index contributed by atoms with van der Waals surface area (Å²) in [6.07, 6.45) is 2.44. The molecule has 0 spiro atoms. The molecule has 0 radical (unpaired) electrons. The fourth-order valence-electron chi connectivity index (χ4n) is 1.84. The van der Waals surface area contributed by atoms with Crippen LogP contribution in [-0.2, 0) is 11.2 Å². The van der Waals surface area contributed by atoms with Gasteiger partial charge in [-0.25, -0.2) is 0 Å². The highest BCUT2D eigenvalue weighted by molar-refractivity contribution is 5.79. The molecule has 1 rings (SSSR count). The number of benzene rings is 1. The fraction of sp³-hybridized carbons (Fsp3) is 0.533. The van der Waals surface area contributed by atoms with Crippen molar-refractivity contribution in [3.8, 4) is 11.5 Å². The minimum atomic E-state index is 0.0972. The summed E-state index contributed by atoms with van der Waals surface area (Å²) in [5, 5.41) is 0. The lowest BCUT2D eigenvalue weighted by Crippen LogP contribution is -2.29. The Bertz CT molecular complexity index is 418. The number of unbranched alkanes of at least 4 members (excludes halogenated alkanes) is 1. The Hall–Kier alpha value is -1.71. The van der Waals surface area contributed by atoms with E-state index in [1.165, 1.54) is 0 Å². The number of carbonyl (C=O) groups is 1. The Morgan fingerprint density at radius 2 is 2.00 bits per heavy atom. The standard InChI is InChI=1S/C15H23NO3/c1-5-6-9-16(2)15(17)11-12-10-13(18-3)7-8-14(12)19-4/h7-8,10H,5-6,9,11H2,1-4H3. The fourth-order valence-corrected chi connectivity index (χ4v) is 1.84. The third-order valence-electron chi connectivity index (χ3n) is 3.10. The molecule has 1 aromatic carbocycles. The first-order valence-electron chi connectivity index (χ1n) is 6.57. The number of ether oxygens (including phenoxy) is 2. The Balaban J connectivity index is 2.76.